The molecule has 0 amide bonds. The Hall–Kier alpha value is -2.55. The molecule has 0 saturated heterocycles. The molecule has 0 radical (unpaired) electrons. The molecule has 4 aromatic rings. The molecule has 0 N–H and O–H groups in total. The molecular weight excluding hydrogens is 735 g/mol. The molecule has 2 heteroatoms. The summed E-state index contributed by atoms with van der Waals surface area (Å²) in [6, 6.07) is 35.8. The Morgan fingerprint density at radius 1 is 0.543 bits per heavy atom. The number of allylic oxidation sites excluding steroid dienone is 2. The van der Waals surface area contributed by atoms with Gasteiger partial charge in [-0.05, 0) is 0 Å². The fourth-order valence-corrected chi connectivity index (χ4v) is 65.3. The van der Waals surface area contributed by atoms with Gasteiger partial charge in [-0.15, -0.1) is 0 Å². The average Bonchev–Trinajstić information content (AvgIpc) is 3.67. The van der Waals surface area contributed by atoms with Gasteiger partial charge in [-0.3, -0.25) is 0 Å². The van der Waals surface area contributed by atoms with Gasteiger partial charge in [0.1, 0.15) is 0 Å². The van der Waals surface area contributed by atoms with Crippen LogP contribution in [0.15, 0.2) is 97.1 Å². The number of rotatable bonds is 6. The molecule has 2 atom stereocenters. The van der Waals surface area contributed by atoms with Crippen molar-refractivity contribution >= 4 is 17.6 Å². The number of hydrogen-bond donors (Lipinski definition) is 0. The summed E-state index contributed by atoms with van der Waals surface area (Å²) in [5.74, 6) is 0. The zero-order valence-electron chi connectivity index (χ0n) is 30.0. The maximum absolute atomic E-state index is 3.82. The van der Waals surface area contributed by atoms with E-state index < -0.39 is 22.6 Å². The van der Waals surface area contributed by atoms with Crippen LogP contribution in [0.25, 0.3) is 34.4 Å². The van der Waals surface area contributed by atoms with Crippen LogP contribution < -0.4 is 0 Å². The molecule has 2 unspecified atom stereocenters. The van der Waals surface area contributed by atoms with Crippen molar-refractivity contribution in [3.63, 3.8) is 0 Å². The SMILES string of the molecule is CC[Si](CC)=[Hf]([CH3])([CH3])([CH]1C=Cc2c(-c3ccc(C(C)(C)C)cc3)cccc21)[CH]1C=Cc2c(-c3ccc(C(C)(C)C)cc3)cccc21. The topological polar surface area (TPSA) is 0 Å². The van der Waals surface area contributed by atoms with Crippen molar-refractivity contribution in [2.45, 2.75) is 95.0 Å². The Labute approximate surface area is 280 Å². The molecule has 0 aromatic heterocycles. The van der Waals surface area contributed by atoms with Gasteiger partial charge in [-0.25, -0.2) is 0 Å². The summed E-state index contributed by atoms with van der Waals surface area (Å²) in [5, 5.41) is 0. The summed E-state index contributed by atoms with van der Waals surface area (Å²) in [6.45, 7) is 18.8. The van der Waals surface area contributed by atoms with Gasteiger partial charge in [0.15, 0.2) is 0 Å². The first-order chi connectivity index (χ1) is 21.7. The Bertz CT molecular complexity index is 1780. The average molecular weight is 789 g/mol. The molecule has 0 spiro atoms. The molecule has 4 aromatic carbocycles. The minimum absolute atomic E-state index is 0.160. The van der Waals surface area contributed by atoms with E-state index in [-0.39, 0.29) is 10.8 Å². The predicted octanol–water partition coefficient (Wildman–Crippen LogP) is 13.3. The van der Waals surface area contributed by atoms with Gasteiger partial charge >= 0.3 is 283 Å². The van der Waals surface area contributed by atoms with Crippen molar-refractivity contribution in [3.05, 3.63) is 130 Å². The van der Waals surface area contributed by atoms with Crippen LogP contribution in [-0.2, 0) is 28.0 Å². The second-order valence-electron chi connectivity index (χ2n) is 16.9. The van der Waals surface area contributed by atoms with E-state index in [1.165, 1.54) is 56.6 Å². The summed E-state index contributed by atoms with van der Waals surface area (Å²) in [6.07, 6.45) is 10.4. The van der Waals surface area contributed by atoms with Crippen molar-refractivity contribution in [1.82, 2.24) is 0 Å². The third kappa shape index (κ3) is 5.46. The maximum atomic E-state index is 2.88. The van der Waals surface area contributed by atoms with Crippen molar-refractivity contribution in [1.29, 1.82) is 0 Å². The molecule has 2 aliphatic rings. The van der Waals surface area contributed by atoms with Crippen LogP contribution in [0.4, 0.5) is 0 Å². The Kier molecular flexibility index (Phi) is 8.59. The second-order valence-corrected chi connectivity index (χ2v) is 63.2. The Morgan fingerprint density at radius 2 is 0.913 bits per heavy atom. The molecule has 0 nitrogen and oxygen atoms in total. The molecule has 0 fully saturated rings. The van der Waals surface area contributed by atoms with E-state index in [2.05, 4.69) is 174 Å². The van der Waals surface area contributed by atoms with Gasteiger partial charge in [-0.1, -0.05) is 0 Å². The summed E-state index contributed by atoms with van der Waals surface area (Å²) in [5.41, 5.74) is 14.1. The van der Waals surface area contributed by atoms with E-state index >= 15 is 0 Å². The molecule has 238 valence electrons. The minimum atomic E-state index is -3.82. The summed E-state index contributed by atoms with van der Waals surface area (Å²) < 4.78 is 6.87. The second kappa shape index (κ2) is 11.8. The predicted molar refractivity (Wildman–Crippen MR) is 203 cm³/mol. The molecule has 0 aliphatic heterocycles. The van der Waals surface area contributed by atoms with Crippen molar-refractivity contribution < 1.29 is 17.1 Å². The van der Waals surface area contributed by atoms with Crippen LogP contribution in [0, 0.1) is 0 Å². The Morgan fingerprint density at radius 3 is 1.24 bits per heavy atom. The zero-order chi connectivity index (χ0) is 33.1. The third-order valence-corrected chi connectivity index (χ3v) is 69.9. The third-order valence-electron chi connectivity index (χ3n) is 11.9. The summed E-state index contributed by atoms with van der Waals surface area (Å²) >= 11 is -3.82. The van der Waals surface area contributed by atoms with Crippen LogP contribution >= 0.6 is 0 Å². The fraction of sp³-hybridized carbons (Fsp3) is 0.364. The van der Waals surface area contributed by atoms with Crippen LogP contribution in [0.3, 0.4) is 0 Å². The van der Waals surface area contributed by atoms with Crippen LogP contribution in [-0.4, -0.2) is 5.49 Å². The first-order valence-corrected chi connectivity index (χ1v) is 36.2. The van der Waals surface area contributed by atoms with E-state index in [4.69, 9.17) is 0 Å². The van der Waals surface area contributed by atoms with E-state index in [0.29, 0.717) is 7.35 Å². The van der Waals surface area contributed by atoms with Gasteiger partial charge in [0.25, 0.3) is 0 Å². The molecule has 0 bridgehead atoms. The monoisotopic (exact) mass is 790 g/mol. The Balaban J connectivity index is 1.48. The van der Waals surface area contributed by atoms with E-state index in [1.807, 2.05) is 0 Å². The van der Waals surface area contributed by atoms with E-state index in [9.17, 15) is 0 Å². The van der Waals surface area contributed by atoms with Crippen molar-refractivity contribution in [3.8, 4) is 22.3 Å². The number of fused-ring (bicyclic) bond motifs is 2. The van der Waals surface area contributed by atoms with Gasteiger partial charge in [0, 0.05) is 0 Å². The normalized spacial score (nSPS) is 17.7. The van der Waals surface area contributed by atoms with Gasteiger partial charge in [0.2, 0.25) is 0 Å². The summed E-state index contributed by atoms with van der Waals surface area (Å²) in [7, 11) is 0. The van der Waals surface area contributed by atoms with Crippen molar-refractivity contribution in [2.24, 2.45) is 0 Å². The fourth-order valence-electron chi connectivity index (χ4n) is 9.02. The van der Waals surface area contributed by atoms with Crippen LogP contribution in [0.2, 0.25) is 21.4 Å². The molecule has 46 heavy (non-hydrogen) atoms. The first-order valence-electron chi connectivity index (χ1n) is 17.6. The molecule has 2 aliphatic carbocycles. The quantitative estimate of drug-likeness (QED) is 0.171. The van der Waals surface area contributed by atoms with E-state index in [1.54, 1.807) is 11.1 Å². The van der Waals surface area contributed by atoms with Crippen molar-refractivity contribution in [2.75, 3.05) is 0 Å². The van der Waals surface area contributed by atoms with E-state index in [0.717, 1.165) is 0 Å². The number of benzene rings is 4. The molecule has 0 heterocycles. The first kappa shape index (κ1) is 33.4. The van der Waals surface area contributed by atoms with Crippen LogP contribution in [0.1, 0.15) is 96.1 Å². The summed E-state index contributed by atoms with van der Waals surface area (Å²) in [4.78, 5) is 0. The molecule has 0 saturated carbocycles. The standard InChI is InChI=1S/2C19H19.C4H10Si.2CH3.Hf/c2*1-19(2,3)16-12-10-15(11-13-16)18-9-5-7-14-6-4-8-17(14)18;1-3-5-4-2;;;/h2*4-13H,1-3H3;3-4H2,1-2H3;2*1H3;. The molecular formula is C44H54HfSi. The van der Waals surface area contributed by atoms with Gasteiger partial charge in [0.05, 0.1) is 0 Å². The zero-order valence-corrected chi connectivity index (χ0v) is 34.6. The van der Waals surface area contributed by atoms with Crippen LogP contribution in [0.5, 0.6) is 0 Å². The molecule has 6 rings (SSSR count). The number of hydrogen-bond acceptors (Lipinski definition) is 0. The van der Waals surface area contributed by atoms with Gasteiger partial charge in [-0.2, -0.15) is 0 Å². The van der Waals surface area contributed by atoms with Gasteiger partial charge < -0.3 is 0 Å².